The van der Waals surface area contributed by atoms with Crippen molar-refractivity contribution >= 4 is 33.4 Å². The van der Waals surface area contributed by atoms with Gasteiger partial charge in [0.1, 0.15) is 0 Å². The molecule has 6 nitrogen and oxygen atoms in total. The van der Waals surface area contributed by atoms with Gasteiger partial charge in [-0.25, -0.2) is 9.97 Å². The lowest BCUT2D eigenvalue weighted by Crippen LogP contribution is -2.27. The Labute approximate surface area is 130 Å². The summed E-state index contributed by atoms with van der Waals surface area (Å²) in [7, 11) is -4.60. The van der Waals surface area contributed by atoms with E-state index in [4.69, 9.17) is 0 Å². The molecule has 1 aliphatic rings. The Morgan fingerprint density at radius 1 is 1.41 bits per heavy atom. The summed E-state index contributed by atoms with van der Waals surface area (Å²) >= 11 is 1.51. The van der Waals surface area contributed by atoms with Gasteiger partial charge in [-0.15, -0.1) is 15.2 Å². The first kappa shape index (κ1) is 15.0. The molecular formula is C13H12FN3O3S2. The van der Waals surface area contributed by atoms with Crippen LogP contribution in [0.5, 0.6) is 0 Å². The maximum Gasteiger partial charge on any atom is 0.302 e. The highest BCUT2D eigenvalue weighted by Crippen LogP contribution is 2.27. The maximum absolute atomic E-state index is 12.8. The van der Waals surface area contributed by atoms with E-state index in [9.17, 15) is 17.1 Å². The standard InChI is InChI=1S/C13H12FN3O3S2/c14-22(19,20)8-9-6-12(18)17(7-9)13-15-4-3-10(16-13)11-2-1-5-21-11/h1-5,9H,6-8H2. The summed E-state index contributed by atoms with van der Waals surface area (Å²) in [4.78, 5) is 22.7. The van der Waals surface area contributed by atoms with Crippen molar-refractivity contribution in [1.82, 2.24) is 9.97 Å². The summed E-state index contributed by atoms with van der Waals surface area (Å²) in [6, 6.07) is 5.53. The third-order valence-electron chi connectivity index (χ3n) is 3.30. The van der Waals surface area contributed by atoms with E-state index in [0.717, 1.165) is 4.88 Å². The predicted octanol–water partition coefficient (Wildman–Crippen LogP) is 1.86. The molecule has 3 heterocycles. The number of aromatic nitrogens is 2. The van der Waals surface area contributed by atoms with Crippen LogP contribution in [0.4, 0.5) is 9.83 Å². The molecule has 0 aromatic carbocycles. The number of amides is 1. The van der Waals surface area contributed by atoms with Gasteiger partial charge in [0.2, 0.25) is 11.9 Å². The second-order valence-electron chi connectivity index (χ2n) is 5.00. The Morgan fingerprint density at radius 3 is 2.91 bits per heavy atom. The molecule has 0 radical (unpaired) electrons. The predicted molar refractivity (Wildman–Crippen MR) is 80.7 cm³/mol. The van der Waals surface area contributed by atoms with E-state index in [-0.39, 0.29) is 24.8 Å². The Hall–Kier alpha value is -1.87. The number of carbonyl (C=O) groups excluding carboxylic acids is 1. The number of halogens is 1. The summed E-state index contributed by atoms with van der Waals surface area (Å²) in [5.74, 6) is -1.30. The fourth-order valence-corrected chi connectivity index (χ4v) is 3.89. The maximum atomic E-state index is 12.8. The zero-order chi connectivity index (χ0) is 15.7. The van der Waals surface area contributed by atoms with E-state index in [1.807, 2.05) is 17.5 Å². The molecule has 1 aliphatic heterocycles. The van der Waals surface area contributed by atoms with E-state index >= 15 is 0 Å². The Bertz CT molecular complexity index is 793. The SMILES string of the molecule is O=C1CC(CS(=O)(=O)F)CN1c1nccc(-c2cccs2)n1. The second-order valence-corrected chi connectivity index (χ2v) is 7.36. The topological polar surface area (TPSA) is 80.2 Å². The zero-order valence-electron chi connectivity index (χ0n) is 11.3. The van der Waals surface area contributed by atoms with E-state index in [0.29, 0.717) is 5.69 Å². The second kappa shape index (κ2) is 5.73. The van der Waals surface area contributed by atoms with Gasteiger partial charge in [0, 0.05) is 25.1 Å². The molecule has 0 saturated carbocycles. The molecule has 0 N–H and O–H groups in total. The summed E-state index contributed by atoms with van der Waals surface area (Å²) in [5.41, 5.74) is 0.689. The van der Waals surface area contributed by atoms with Crippen LogP contribution in [0.1, 0.15) is 6.42 Å². The third kappa shape index (κ3) is 3.30. The Balaban J connectivity index is 1.83. The lowest BCUT2D eigenvalue weighted by atomic mass is 10.1. The van der Waals surface area contributed by atoms with Crippen LogP contribution in [0.3, 0.4) is 0 Å². The number of nitrogens with zero attached hydrogens (tertiary/aromatic N) is 3. The van der Waals surface area contributed by atoms with E-state index < -0.39 is 21.9 Å². The highest BCUT2D eigenvalue weighted by atomic mass is 32.3. The first-order valence-electron chi connectivity index (χ1n) is 6.52. The van der Waals surface area contributed by atoms with Gasteiger partial charge in [-0.3, -0.25) is 9.69 Å². The van der Waals surface area contributed by atoms with E-state index in [1.165, 1.54) is 16.2 Å². The van der Waals surface area contributed by atoms with Gasteiger partial charge >= 0.3 is 10.2 Å². The van der Waals surface area contributed by atoms with Crippen molar-refractivity contribution in [2.45, 2.75) is 6.42 Å². The van der Waals surface area contributed by atoms with Crippen molar-refractivity contribution in [3.63, 3.8) is 0 Å². The summed E-state index contributed by atoms with van der Waals surface area (Å²) in [6.45, 7) is 0.107. The zero-order valence-corrected chi connectivity index (χ0v) is 13.0. The van der Waals surface area contributed by atoms with Gasteiger partial charge in [0.05, 0.1) is 16.3 Å². The Kier molecular flexibility index (Phi) is 3.92. The monoisotopic (exact) mass is 341 g/mol. The van der Waals surface area contributed by atoms with Crippen molar-refractivity contribution < 1.29 is 17.1 Å². The minimum absolute atomic E-state index is 0.0181. The molecule has 0 bridgehead atoms. The minimum Gasteiger partial charge on any atom is -0.280 e. The summed E-state index contributed by atoms with van der Waals surface area (Å²) in [5, 5.41) is 1.92. The van der Waals surface area contributed by atoms with Gasteiger partial charge in [0.15, 0.2) is 0 Å². The van der Waals surface area contributed by atoms with Crippen LogP contribution in [-0.4, -0.2) is 36.6 Å². The number of thiophene rings is 1. The van der Waals surface area contributed by atoms with Crippen LogP contribution >= 0.6 is 11.3 Å². The van der Waals surface area contributed by atoms with Crippen molar-refractivity contribution in [1.29, 1.82) is 0 Å². The molecule has 2 aromatic rings. The van der Waals surface area contributed by atoms with Crippen LogP contribution in [0.2, 0.25) is 0 Å². The van der Waals surface area contributed by atoms with Gasteiger partial charge in [-0.05, 0) is 17.5 Å². The molecule has 9 heteroatoms. The largest absolute Gasteiger partial charge is 0.302 e. The molecule has 1 saturated heterocycles. The van der Waals surface area contributed by atoms with Crippen molar-refractivity contribution in [3.05, 3.63) is 29.8 Å². The molecule has 1 fully saturated rings. The molecule has 0 aliphatic carbocycles. The van der Waals surface area contributed by atoms with Gasteiger partial charge in [0.25, 0.3) is 0 Å². The molecule has 0 spiro atoms. The number of anilines is 1. The lowest BCUT2D eigenvalue weighted by Gasteiger charge is -2.14. The van der Waals surface area contributed by atoms with Crippen molar-refractivity contribution in [3.8, 4) is 10.6 Å². The van der Waals surface area contributed by atoms with Gasteiger partial charge in [-0.2, -0.15) is 8.42 Å². The number of hydrogen-bond acceptors (Lipinski definition) is 6. The smallest absolute Gasteiger partial charge is 0.280 e. The normalized spacial score (nSPS) is 18.9. The highest BCUT2D eigenvalue weighted by molar-refractivity contribution is 7.86. The van der Waals surface area contributed by atoms with Crippen LogP contribution in [0.25, 0.3) is 10.6 Å². The van der Waals surface area contributed by atoms with Crippen LogP contribution < -0.4 is 4.90 Å². The third-order valence-corrected chi connectivity index (χ3v) is 5.06. The summed E-state index contributed by atoms with van der Waals surface area (Å²) in [6.07, 6.45) is 1.53. The van der Waals surface area contributed by atoms with Gasteiger partial charge < -0.3 is 0 Å². The fourth-order valence-electron chi connectivity index (χ4n) is 2.41. The number of rotatable bonds is 4. The van der Waals surface area contributed by atoms with E-state index in [1.54, 1.807) is 12.3 Å². The fraction of sp³-hybridized carbons (Fsp3) is 0.308. The van der Waals surface area contributed by atoms with E-state index in [2.05, 4.69) is 9.97 Å². The highest BCUT2D eigenvalue weighted by Gasteiger charge is 2.35. The Morgan fingerprint density at radius 2 is 2.23 bits per heavy atom. The molecular weight excluding hydrogens is 329 g/mol. The molecule has 1 unspecified atom stereocenters. The number of hydrogen-bond donors (Lipinski definition) is 0. The first-order chi connectivity index (χ1) is 10.4. The lowest BCUT2D eigenvalue weighted by molar-refractivity contribution is -0.117. The molecule has 1 amide bonds. The average Bonchev–Trinajstić information content (AvgIpc) is 3.07. The molecule has 1 atom stereocenters. The minimum atomic E-state index is -4.60. The summed E-state index contributed by atoms with van der Waals surface area (Å²) < 4.78 is 34.2. The number of carbonyl (C=O) groups is 1. The van der Waals surface area contributed by atoms with Gasteiger partial charge in [-0.1, -0.05) is 6.07 Å². The molecule has 22 heavy (non-hydrogen) atoms. The van der Waals surface area contributed by atoms with Crippen LogP contribution in [0, 0.1) is 5.92 Å². The average molecular weight is 341 g/mol. The molecule has 116 valence electrons. The quantitative estimate of drug-likeness (QED) is 0.793. The van der Waals surface area contributed by atoms with Crippen LogP contribution in [-0.2, 0) is 15.0 Å². The van der Waals surface area contributed by atoms with Crippen molar-refractivity contribution in [2.75, 3.05) is 17.2 Å². The molecule has 3 rings (SSSR count). The first-order valence-corrected chi connectivity index (χ1v) is 8.95. The van der Waals surface area contributed by atoms with Crippen molar-refractivity contribution in [2.24, 2.45) is 5.92 Å². The molecule has 2 aromatic heterocycles. The van der Waals surface area contributed by atoms with Crippen LogP contribution in [0.15, 0.2) is 29.8 Å².